The smallest absolute Gasteiger partial charge is 0.242 e. The van der Waals surface area contributed by atoms with Crippen LogP contribution in [-0.2, 0) is 8.85 Å². The minimum atomic E-state index is -1.55. The molecule has 0 aromatic carbocycles. The van der Waals surface area contributed by atoms with Crippen LogP contribution in [0.4, 0.5) is 0 Å². The predicted octanol–water partition coefficient (Wildman–Crippen LogP) is 4.89. The molecule has 0 atom stereocenters. The molecule has 2 nitrogen and oxygen atoms in total. The molecular formula is C14H28O2Si2. The Morgan fingerprint density at radius 3 is 1.89 bits per heavy atom. The summed E-state index contributed by atoms with van der Waals surface area (Å²) in [5.74, 6) is 2.09. The first-order valence-electron chi connectivity index (χ1n) is 6.68. The zero-order valence-corrected chi connectivity index (χ0v) is 15.2. The van der Waals surface area contributed by atoms with Crippen molar-refractivity contribution in [1.29, 1.82) is 0 Å². The van der Waals surface area contributed by atoms with Crippen molar-refractivity contribution >= 4 is 16.6 Å². The molecule has 0 spiro atoms. The molecule has 0 heterocycles. The van der Waals surface area contributed by atoms with Gasteiger partial charge in [0.15, 0.2) is 0 Å². The van der Waals surface area contributed by atoms with Crippen LogP contribution in [-0.4, -0.2) is 16.6 Å². The average Bonchev–Trinajstić information content (AvgIpc) is 1.90. The van der Waals surface area contributed by atoms with Gasteiger partial charge in [-0.15, -0.1) is 0 Å². The van der Waals surface area contributed by atoms with Gasteiger partial charge in [-0.3, -0.25) is 0 Å². The number of hydrogen-bond donors (Lipinski definition) is 0. The number of rotatable bonds is 4. The highest BCUT2D eigenvalue weighted by molar-refractivity contribution is 6.70. The molecular weight excluding hydrogens is 256 g/mol. The minimum Gasteiger partial charge on any atom is -0.547 e. The summed E-state index contributed by atoms with van der Waals surface area (Å²) >= 11 is 0. The van der Waals surface area contributed by atoms with Gasteiger partial charge in [-0.1, -0.05) is 13.8 Å². The molecule has 0 fully saturated rings. The first-order valence-corrected chi connectivity index (χ1v) is 13.5. The maximum absolute atomic E-state index is 6.15. The highest BCUT2D eigenvalue weighted by atomic mass is 28.4. The molecule has 1 aliphatic rings. The Bertz CT molecular complexity index is 368. The van der Waals surface area contributed by atoms with Crippen LogP contribution in [0.5, 0.6) is 0 Å². The van der Waals surface area contributed by atoms with Crippen molar-refractivity contribution in [2.45, 2.75) is 59.6 Å². The van der Waals surface area contributed by atoms with E-state index in [-0.39, 0.29) is 5.41 Å². The van der Waals surface area contributed by atoms with E-state index in [9.17, 15) is 0 Å². The van der Waals surface area contributed by atoms with Gasteiger partial charge in [-0.05, 0) is 50.8 Å². The summed E-state index contributed by atoms with van der Waals surface area (Å²) in [4.78, 5) is 0. The highest BCUT2D eigenvalue weighted by Crippen LogP contribution is 2.36. The minimum absolute atomic E-state index is 0.124. The van der Waals surface area contributed by atoms with E-state index in [1.165, 1.54) is 0 Å². The maximum Gasteiger partial charge on any atom is 0.242 e. The van der Waals surface area contributed by atoms with E-state index in [4.69, 9.17) is 8.85 Å². The Balaban J connectivity index is 2.91. The van der Waals surface area contributed by atoms with Crippen molar-refractivity contribution in [1.82, 2.24) is 0 Å². The van der Waals surface area contributed by atoms with Crippen LogP contribution in [0.3, 0.4) is 0 Å². The lowest BCUT2D eigenvalue weighted by Gasteiger charge is -2.33. The van der Waals surface area contributed by atoms with Crippen LogP contribution in [0.25, 0.3) is 0 Å². The van der Waals surface area contributed by atoms with Gasteiger partial charge in [0, 0.05) is 12.5 Å². The van der Waals surface area contributed by atoms with E-state index >= 15 is 0 Å². The third-order valence-electron chi connectivity index (χ3n) is 2.33. The Labute approximate surface area is 114 Å². The van der Waals surface area contributed by atoms with Crippen LogP contribution in [0.15, 0.2) is 23.7 Å². The van der Waals surface area contributed by atoms with Crippen molar-refractivity contribution in [3.05, 3.63) is 23.7 Å². The summed E-state index contributed by atoms with van der Waals surface area (Å²) < 4.78 is 12.3. The van der Waals surface area contributed by atoms with E-state index in [1.54, 1.807) is 0 Å². The van der Waals surface area contributed by atoms with Crippen molar-refractivity contribution in [3.8, 4) is 0 Å². The van der Waals surface area contributed by atoms with Gasteiger partial charge in [-0.25, -0.2) is 0 Å². The molecule has 1 rings (SSSR count). The quantitative estimate of drug-likeness (QED) is 0.685. The van der Waals surface area contributed by atoms with Gasteiger partial charge in [0.25, 0.3) is 0 Å². The van der Waals surface area contributed by atoms with Crippen LogP contribution < -0.4 is 0 Å². The first-order chi connectivity index (χ1) is 7.86. The summed E-state index contributed by atoms with van der Waals surface area (Å²) in [5.41, 5.74) is 0.124. The Morgan fingerprint density at radius 1 is 0.944 bits per heavy atom. The second kappa shape index (κ2) is 4.89. The molecule has 0 amide bonds. The van der Waals surface area contributed by atoms with Crippen LogP contribution in [0.2, 0.25) is 39.3 Å². The standard InChI is InChI=1S/C14H28O2Si2/c1-14(2)10-12(15-17(3,4)5)9-13(11-14)16-18(6,7)8/h9-10H,11H2,1-8H3. The van der Waals surface area contributed by atoms with Crippen LogP contribution in [0, 0.1) is 5.41 Å². The molecule has 0 N–H and O–H groups in total. The summed E-state index contributed by atoms with van der Waals surface area (Å²) in [6.07, 6.45) is 5.31. The first kappa shape index (κ1) is 15.6. The zero-order chi connectivity index (χ0) is 14.2. The fourth-order valence-corrected chi connectivity index (χ4v) is 3.75. The second-order valence-electron chi connectivity index (χ2n) is 7.75. The molecule has 0 saturated heterocycles. The lowest BCUT2D eigenvalue weighted by molar-refractivity contribution is 0.311. The summed E-state index contributed by atoms with van der Waals surface area (Å²) in [6, 6.07) is 0. The van der Waals surface area contributed by atoms with Gasteiger partial charge in [0.1, 0.15) is 5.76 Å². The molecule has 0 aromatic heterocycles. The molecule has 0 aliphatic heterocycles. The van der Waals surface area contributed by atoms with Crippen molar-refractivity contribution in [3.63, 3.8) is 0 Å². The maximum atomic E-state index is 6.15. The SMILES string of the molecule is CC1(C)C=C(O[Si](C)(C)C)C=C(O[Si](C)(C)C)C1. The van der Waals surface area contributed by atoms with E-state index in [0.29, 0.717) is 0 Å². The topological polar surface area (TPSA) is 18.5 Å². The summed E-state index contributed by atoms with van der Waals surface area (Å²) in [7, 11) is -3.09. The predicted molar refractivity (Wildman–Crippen MR) is 83.4 cm³/mol. The van der Waals surface area contributed by atoms with Crippen molar-refractivity contribution in [2.75, 3.05) is 0 Å². The van der Waals surface area contributed by atoms with Gasteiger partial charge in [-0.2, -0.15) is 0 Å². The van der Waals surface area contributed by atoms with E-state index < -0.39 is 16.6 Å². The zero-order valence-electron chi connectivity index (χ0n) is 13.2. The van der Waals surface area contributed by atoms with Crippen molar-refractivity contribution in [2.24, 2.45) is 5.41 Å². The monoisotopic (exact) mass is 284 g/mol. The van der Waals surface area contributed by atoms with E-state index in [0.717, 1.165) is 17.9 Å². The van der Waals surface area contributed by atoms with Crippen LogP contribution in [0.1, 0.15) is 20.3 Å². The Hall–Kier alpha value is -0.486. The highest BCUT2D eigenvalue weighted by Gasteiger charge is 2.29. The Kier molecular flexibility index (Phi) is 4.23. The molecule has 0 bridgehead atoms. The average molecular weight is 285 g/mol. The normalized spacial score (nSPS) is 20.0. The molecule has 1 aliphatic carbocycles. The van der Waals surface area contributed by atoms with E-state index in [2.05, 4.69) is 65.3 Å². The fraction of sp³-hybridized carbons (Fsp3) is 0.714. The molecule has 4 heteroatoms. The van der Waals surface area contributed by atoms with Gasteiger partial charge < -0.3 is 8.85 Å². The molecule has 18 heavy (non-hydrogen) atoms. The molecule has 104 valence electrons. The Morgan fingerprint density at radius 2 is 1.44 bits per heavy atom. The summed E-state index contributed by atoms with van der Waals surface area (Å²) in [6.45, 7) is 17.8. The number of allylic oxidation sites excluding steroid dienone is 3. The van der Waals surface area contributed by atoms with Gasteiger partial charge in [0.2, 0.25) is 16.6 Å². The lowest BCUT2D eigenvalue weighted by Crippen LogP contribution is -2.30. The van der Waals surface area contributed by atoms with Crippen LogP contribution >= 0.6 is 0 Å². The largest absolute Gasteiger partial charge is 0.547 e. The van der Waals surface area contributed by atoms with E-state index in [1.807, 2.05) is 0 Å². The third-order valence-corrected chi connectivity index (χ3v) is 4.05. The van der Waals surface area contributed by atoms with Crippen molar-refractivity contribution < 1.29 is 8.85 Å². The van der Waals surface area contributed by atoms with Gasteiger partial charge >= 0.3 is 0 Å². The fourth-order valence-electron chi connectivity index (χ4n) is 2.01. The molecule has 0 saturated carbocycles. The molecule has 0 radical (unpaired) electrons. The second-order valence-corrected chi connectivity index (χ2v) is 16.6. The lowest BCUT2D eigenvalue weighted by atomic mass is 9.85. The number of hydrogen-bond acceptors (Lipinski definition) is 2. The van der Waals surface area contributed by atoms with Gasteiger partial charge in [0.05, 0.1) is 5.76 Å². The molecule has 0 unspecified atom stereocenters. The third kappa shape index (κ3) is 5.91. The molecule has 0 aromatic rings. The summed E-state index contributed by atoms with van der Waals surface area (Å²) in [5, 5.41) is 0.